The monoisotopic (exact) mass is 268 g/mol. The predicted octanol–water partition coefficient (Wildman–Crippen LogP) is 0.415. The third-order valence-corrected chi connectivity index (χ3v) is 2.30. The van der Waals surface area contributed by atoms with Crippen molar-refractivity contribution < 1.29 is 14.8 Å². The molecule has 1 amide bonds. The van der Waals surface area contributed by atoms with Gasteiger partial charge in [0.25, 0.3) is 11.6 Å². The lowest BCUT2D eigenvalue weighted by Gasteiger charge is -2.25. The Bertz CT molecular complexity index is 510. The van der Waals surface area contributed by atoms with Crippen molar-refractivity contribution in [1.29, 1.82) is 0 Å². The number of nitrogen functional groups attached to an aromatic ring is 1. The van der Waals surface area contributed by atoms with Gasteiger partial charge < -0.3 is 15.7 Å². The van der Waals surface area contributed by atoms with Crippen LogP contribution < -0.4 is 5.73 Å². The van der Waals surface area contributed by atoms with Crippen molar-refractivity contribution in [2.75, 3.05) is 19.3 Å². The van der Waals surface area contributed by atoms with E-state index >= 15 is 0 Å². The van der Waals surface area contributed by atoms with Crippen LogP contribution in [0.25, 0.3) is 0 Å². The molecule has 0 radical (unpaired) electrons. The maximum atomic E-state index is 12.1. The van der Waals surface area contributed by atoms with Crippen LogP contribution in [0.1, 0.15) is 24.2 Å². The topological polar surface area (TPSA) is 123 Å². The van der Waals surface area contributed by atoms with Crippen molar-refractivity contribution in [3.8, 4) is 0 Å². The summed E-state index contributed by atoms with van der Waals surface area (Å²) in [7, 11) is 1.45. The van der Waals surface area contributed by atoms with E-state index < -0.39 is 22.1 Å². The molecule has 0 aromatic carbocycles. The molecule has 0 bridgehead atoms. The molecule has 0 saturated carbocycles. The highest BCUT2D eigenvalue weighted by molar-refractivity contribution is 5.98. The minimum Gasteiger partial charge on any atom is -0.389 e. The quantitative estimate of drug-likeness (QED) is 0.602. The SMILES string of the molecule is CN(CC(C)(C)O)C(=O)c1cc(N)ncc1[N+](=O)[O-]. The first-order valence-electron chi connectivity index (χ1n) is 5.49. The van der Waals surface area contributed by atoms with E-state index in [1.54, 1.807) is 0 Å². The number of aliphatic hydroxyl groups is 1. The maximum absolute atomic E-state index is 12.1. The number of nitrogens with two attached hydrogens (primary N) is 1. The summed E-state index contributed by atoms with van der Waals surface area (Å²) in [5, 5.41) is 20.5. The van der Waals surface area contributed by atoms with Gasteiger partial charge in [-0.1, -0.05) is 0 Å². The predicted molar refractivity (Wildman–Crippen MR) is 68.6 cm³/mol. The molecule has 1 aromatic heterocycles. The van der Waals surface area contributed by atoms with E-state index in [1.165, 1.54) is 25.8 Å². The van der Waals surface area contributed by atoms with Crippen molar-refractivity contribution in [2.24, 2.45) is 0 Å². The van der Waals surface area contributed by atoms with Gasteiger partial charge in [-0.25, -0.2) is 4.98 Å². The van der Waals surface area contributed by atoms with E-state index in [2.05, 4.69) is 4.98 Å². The van der Waals surface area contributed by atoms with Crippen molar-refractivity contribution in [3.05, 3.63) is 27.9 Å². The Morgan fingerprint density at radius 2 is 2.21 bits per heavy atom. The zero-order valence-electron chi connectivity index (χ0n) is 11.0. The van der Waals surface area contributed by atoms with Gasteiger partial charge in [-0.05, 0) is 19.9 Å². The number of nitro groups is 1. The third-order valence-electron chi connectivity index (χ3n) is 2.30. The number of nitrogens with zero attached hydrogens (tertiary/aromatic N) is 3. The minimum absolute atomic E-state index is 0.0191. The summed E-state index contributed by atoms with van der Waals surface area (Å²) < 4.78 is 0. The number of hydrogen-bond donors (Lipinski definition) is 2. The van der Waals surface area contributed by atoms with E-state index in [4.69, 9.17) is 5.73 Å². The van der Waals surface area contributed by atoms with Gasteiger partial charge in [0, 0.05) is 13.6 Å². The molecule has 0 fully saturated rings. The Morgan fingerprint density at radius 3 is 2.68 bits per heavy atom. The van der Waals surface area contributed by atoms with Gasteiger partial charge in [0.15, 0.2) is 0 Å². The zero-order chi connectivity index (χ0) is 14.8. The summed E-state index contributed by atoms with van der Waals surface area (Å²) >= 11 is 0. The molecule has 1 aromatic rings. The number of carbonyl (C=O) groups excluding carboxylic acids is 1. The Labute approximate surface area is 110 Å². The van der Waals surface area contributed by atoms with Gasteiger partial charge in [0.2, 0.25) is 0 Å². The van der Waals surface area contributed by atoms with E-state index in [9.17, 15) is 20.0 Å². The summed E-state index contributed by atoms with van der Waals surface area (Å²) in [5.74, 6) is -0.575. The summed E-state index contributed by atoms with van der Waals surface area (Å²) in [5.41, 5.74) is 3.78. The number of anilines is 1. The molecule has 0 spiro atoms. The van der Waals surface area contributed by atoms with Crippen LogP contribution >= 0.6 is 0 Å². The molecule has 0 aliphatic heterocycles. The average molecular weight is 268 g/mol. The maximum Gasteiger partial charge on any atom is 0.300 e. The molecule has 0 aliphatic carbocycles. The summed E-state index contributed by atoms with van der Waals surface area (Å²) in [4.78, 5) is 27.1. The molecule has 104 valence electrons. The lowest BCUT2D eigenvalue weighted by molar-refractivity contribution is -0.385. The van der Waals surface area contributed by atoms with Crippen LogP contribution in [0.4, 0.5) is 11.5 Å². The lowest BCUT2D eigenvalue weighted by atomic mass is 10.1. The highest BCUT2D eigenvalue weighted by Gasteiger charge is 2.26. The number of aromatic nitrogens is 1. The fourth-order valence-corrected chi connectivity index (χ4v) is 1.64. The van der Waals surface area contributed by atoms with E-state index in [-0.39, 0.29) is 17.9 Å². The van der Waals surface area contributed by atoms with Gasteiger partial charge in [0.1, 0.15) is 17.6 Å². The third kappa shape index (κ3) is 3.88. The van der Waals surface area contributed by atoms with Crippen LogP contribution in [0.2, 0.25) is 0 Å². The second-order valence-corrected chi connectivity index (χ2v) is 4.86. The Balaban J connectivity index is 3.11. The number of amides is 1. The first-order valence-corrected chi connectivity index (χ1v) is 5.49. The van der Waals surface area contributed by atoms with Crippen molar-refractivity contribution >= 4 is 17.4 Å². The normalized spacial score (nSPS) is 11.2. The smallest absolute Gasteiger partial charge is 0.300 e. The average Bonchev–Trinajstić information content (AvgIpc) is 2.25. The second kappa shape index (κ2) is 5.19. The first-order chi connectivity index (χ1) is 8.61. The van der Waals surface area contributed by atoms with Gasteiger partial charge in [-0.15, -0.1) is 0 Å². The number of pyridine rings is 1. The lowest BCUT2D eigenvalue weighted by Crippen LogP contribution is -2.39. The molecule has 1 rings (SSSR count). The molecule has 0 aliphatic rings. The van der Waals surface area contributed by atoms with Crippen LogP contribution in [0.15, 0.2) is 12.3 Å². The van der Waals surface area contributed by atoms with Crippen molar-refractivity contribution in [3.63, 3.8) is 0 Å². The standard InChI is InChI=1S/C11H16N4O4/c1-11(2,17)6-14(3)10(16)7-4-9(12)13-5-8(7)15(18)19/h4-5,17H,6H2,1-3H3,(H2,12,13). The highest BCUT2D eigenvalue weighted by atomic mass is 16.6. The Morgan fingerprint density at radius 1 is 1.63 bits per heavy atom. The molecule has 3 N–H and O–H groups in total. The molecule has 1 heterocycles. The van der Waals surface area contributed by atoms with Crippen molar-refractivity contribution in [1.82, 2.24) is 9.88 Å². The molecule has 8 nitrogen and oxygen atoms in total. The fourth-order valence-electron chi connectivity index (χ4n) is 1.64. The number of likely N-dealkylation sites (N-methyl/N-ethyl adjacent to an activating group) is 1. The van der Waals surface area contributed by atoms with E-state index in [0.29, 0.717) is 0 Å². The van der Waals surface area contributed by atoms with Crippen LogP contribution in [-0.2, 0) is 0 Å². The van der Waals surface area contributed by atoms with Crippen molar-refractivity contribution in [2.45, 2.75) is 19.4 Å². The van der Waals surface area contributed by atoms with Crippen LogP contribution in [0.3, 0.4) is 0 Å². The second-order valence-electron chi connectivity index (χ2n) is 4.86. The van der Waals surface area contributed by atoms with Gasteiger partial charge >= 0.3 is 0 Å². The fraction of sp³-hybridized carbons (Fsp3) is 0.455. The first kappa shape index (κ1) is 14.8. The molecule has 0 unspecified atom stereocenters. The van der Waals surface area contributed by atoms with Crippen LogP contribution in [0.5, 0.6) is 0 Å². The van der Waals surface area contributed by atoms with Gasteiger partial charge in [-0.2, -0.15) is 0 Å². The minimum atomic E-state index is -1.10. The molecular formula is C11H16N4O4. The number of hydrogen-bond acceptors (Lipinski definition) is 6. The zero-order valence-corrected chi connectivity index (χ0v) is 11.0. The summed E-state index contributed by atoms with van der Waals surface area (Å²) in [6.45, 7) is 3.10. The number of carbonyl (C=O) groups is 1. The Hall–Kier alpha value is -2.22. The highest BCUT2D eigenvalue weighted by Crippen LogP contribution is 2.21. The number of rotatable bonds is 4. The molecular weight excluding hydrogens is 252 g/mol. The van der Waals surface area contributed by atoms with E-state index in [1.807, 2.05) is 0 Å². The van der Waals surface area contributed by atoms with Gasteiger partial charge in [-0.3, -0.25) is 14.9 Å². The largest absolute Gasteiger partial charge is 0.389 e. The van der Waals surface area contributed by atoms with Crippen LogP contribution in [-0.4, -0.2) is 45.0 Å². The molecule has 19 heavy (non-hydrogen) atoms. The van der Waals surface area contributed by atoms with Crippen LogP contribution in [0, 0.1) is 10.1 Å². The summed E-state index contributed by atoms with van der Waals surface area (Å²) in [6, 6.07) is 1.15. The summed E-state index contributed by atoms with van der Waals surface area (Å²) in [6.07, 6.45) is 0.945. The molecule has 8 heteroatoms. The molecule has 0 saturated heterocycles. The van der Waals surface area contributed by atoms with Gasteiger partial charge in [0.05, 0.1) is 10.5 Å². The Kier molecular flexibility index (Phi) is 4.05. The molecule has 0 atom stereocenters. The van der Waals surface area contributed by atoms with E-state index in [0.717, 1.165) is 12.3 Å².